The molecule has 0 aromatic heterocycles. The minimum Gasteiger partial charge on any atom is -0.348 e. The van der Waals surface area contributed by atoms with Crippen LogP contribution in [-0.4, -0.2) is 19.4 Å². The minimum atomic E-state index is -4.67. The Kier molecular flexibility index (Phi) is 5.81. The molecule has 6 heteroatoms. The van der Waals surface area contributed by atoms with Crippen LogP contribution in [0, 0.1) is 23.6 Å². The normalized spacial score (nSPS) is 19.0. The standard InChI is InChI=1S/C25H18F4O2/c1-2-16-14-30-24(31-15-16)19-6-3-17(4-7-19)20-9-10-22-21(13-20)8-5-18(23(22)26)11-12-25(27,28)29/h2-10,13,16,24H,1,14-15H2. The van der Waals surface area contributed by atoms with Crippen molar-refractivity contribution >= 4 is 10.8 Å². The number of rotatable bonds is 3. The fourth-order valence-corrected chi connectivity index (χ4v) is 3.39. The van der Waals surface area contributed by atoms with E-state index in [1.165, 1.54) is 6.07 Å². The van der Waals surface area contributed by atoms with E-state index in [2.05, 4.69) is 6.58 Å². The van der Waals surface area contributed by atoms with Gasteiger partial charge in [-0.3, -0.25) is 0 Å². The van der Waals surface area contributed by atoms with E-state index >= 15 is 0 Å². The third-order valence-corrected chi connectivity index (χ3v) is 5.07. The van der Waals surface area contributed by atoms with E-state index in [4.69, 9.17) is 9.47 Å². The molecule has 0 unspecified atom stereocenters. The van der Waals surface area contributed by atoms with Gasteiger partial charge in [0, 0.05) is 22.8 Å². The van der Waals surface area contributed by atoms with E-state index in [0.29, 0.717) is 18.6 Å². The largest absolute Gasteiger partial charge is 0.458 e. The van der Waals surface area contributed by atoms with Gasteiger partial charge in [-0.2, -0.15) is 13.2 Å². The molecule has 0 amide bonds. The highest BCUT2D eigenvalue weighted by Crippen LogP contribution is 2.30. The van der Waals surface area contributed by atoms with Crippen molar-refractivity contribution in [3.63, 3.8) is 0 Å². The predicted molar refractivity (Wildman–Crippen MR) is 111 cm³/mol. The molecule has 1 aliphatic rings. The Balaban J connectivity index is 1.57. The summed E-state index contributed by atoms with van der Waals surface area (Å²) in [7, 11) is 0. The third kappa shape index (κ3) is 4.79. The number of ether oxygens (including phenoxy) is 2. The van der Waals surface area contributed by atoms with Crippen LogP contribution in [0.25, 0.3) is 21.9 Å². The molecule has 3 aromatic carbocycles. The maximum atomic E-state index is 14.6. The fraction of sp³-hybridized carbons (Fsp3) is 0.200. The van der Waals surface area contributed by atoms with Crippen LogP contribution in [0.5, 0.6) is 0 Å². The molecule has 0 atom stereocenters. The van der Waals surface area contributed by atoms with Crippen molar-refractivity contribution in [2.75, 3.05) is 13.2 Å². The molecule has 0 saturated carbocycles. The van der Waals surface area contributed by atoms with Crippen LogP contribution in [0.1, 0.15) is 17.4 Å². The maximum absolute atomic E-state index is 14.6. The first-order valence-corrected chi connectivity index (χ1v) is 9.62. The quantitative estimate of drug-likeness (QED) is 0.274. The second-order valence-corrected chi connectivity index (χ2v) is 7.23. The van der Waals surface area contributed by atoms with E-state index in [1.807, 2.05) is 36.3 Å². The SMILES string of the molecule is C=CC1COC(c2ccc(-c3ccc4c(F)c(C#CC(F)(F)F)ccc4c3)cc2)OC1. The molecule has 1 fully saturated rings. The molecule has 1 heterocycles. The van der Waals surface area contributed by atoms with Crippen molar-refractivity contribution < 1.29 is 27.0 Å². The molecule has 0 aliphatic carbocycles. The molecule has 0 bridgehead atoms. The van der Waals surface area contributed by atoms with Crippen LogP contribution < -0.4 is 0 Å². The van der Waals surface area contributed by atoms with Crippen molar-refractivity contribution in [2.24, 2.45) is 5.92 Å². The average molecular weight is 426 g/mol. The summed E-state index contributed by atoms with van der Waals surface area (Å²) < 4.78 is 62.9. The topological polar surface area (TPSA) is 18.5 Å². The summed E-state index contributed by atoms with van der Waals surface area (Å²) in [6.45, 7) is 4.86. The smallest absolute Gasteiger partial charge is 0.348 e. The lowest BCUT2D eigenvalue weighted by Gasteiger charge is -2.28. The second kappa shape index (κ2) is 8.54. The van der Waals surface area contributed by atoms with E-state index in [0.717, 1.165) is 22.6 Å². The number of fused-ring (bicyclic) bond motifs is 1. The van der Waals surface area contributed by atoms with Gasteiger partial charge in [-0.1, -0.05) is 54.5 Å². The fourth-order valence-electron chi connectivity index (χ4n) is 3.39. The lowest BCUT2D eigenvalue weighted by molar-refractivity contribution is -0.197. The Morgan fingerprint density at radius 1 is 0.935 bits per heavy atom. The van der Waals surface area contributed by atoms with Crippen LogP contribution in [0.3, 0.4) is 0 Å². The Hall–Kier alpha value is -3.14. The zero-order valence-electron chi connectivity index (χ0n) is 16.4. The maximum Gasteiger partial charge on any atom is 0.458 e. The molecule has 2 nitrogen and oxygen atoms in total. The number of halogens is 4. The summed E-state index contributed by atoms with van der Waals surface area (Å²) in [4.78, 5) is 0. The van der Waals surface area contributed by atoms with E-state index in [-0.39, 0.29) is 16.9 Å². The molecule has 158 valence electrons. The number of hydrogen-bond donors (Lipinski definition) is 0. The van der Waals surface area contributed by atoms with Gasteiger partial charge >= 0.3 is 6.18 Å². The van der Waals surface area contributed by atoms with Gasteiger partial charge in [-0.15, -0.1) is 6.58 Å². The zero-order valence-corrected chi connectivity index (χ0v) is 16.4. The van der Waals surface area contributed by atoms with E-state index in [1.54, 1.807) is 24.3 Å². The predicted octanol–water partition coefficient (Wildman–Crippen LogP) is 6.41. The lowest BCUT2D eigenvalue weighted by atomic mass is 9.98. The summed E-state index contributed by atoms with van der Waals surface area (Å²) in [5.41, 5.74) is 2.37. The third-order valence-electron chi connectivity index (χ3n) is 5.07. The zero-order chi connectivity index (χ0) is 22.0. The van der Waals surface area contributed by atoms with Gasteiger partial charge in [0.1, 0.15) is 5.82 Å². The first-order chi connectivity index (χ1) is 14.8. The highest BCUT2D eigenvalue weighted by molar-refractivity contribution is 5.89. The first kappa shape index (κ1) is 21.1. The molecule has 1 saturated heterocycles. The summed E-state index contributed by atoms with van der Waals surface area (Å²) in [5, 5.41) is 0.793. The van der Waals surface area contributed by atoms with Gasteiger partial charge in [0.05, 0.1) is 18.8 Å². The van der Waals surface area contributed by atoms with Crippen molar-refractivity contribution in [3.8, 4) is 23.0 Å². The average Bonchev–Trinajstić information content (AvgIpc) is 2.78. The van der Waals surface area contributed by atoms with Crippen LogP contribution in [-0.2, 0) is 9.47 Å². The minimum absolute atomic E-state index is 0.188. The Labute approximate surface area is 177 Å². The number of hydrogen-bond acceptors (Lipinski definition) is 2. The number of alkyl halides is 3. The molecule has 4 rings (SSSR count). The Morgan fingerprint density at radius 2 is 1.61 bits per heavy atom. The molecule has 0 radical (unpaired) electrons. The van der Waals surface area contributed by atoms with Crippen LogP contribution in [0.15, 0.2) is 67.3 Å². The second-order valence-electron chi connectivity index (χ2n) is 7.23. The van der Waals surface area contributed by atoms with Gasteiger partial charge < -0.3 is 9.47 Å². The van der Waals surface area contributed by atoms with Crippen LogP contribution >= 0.6 is 0 Å². The van der Waals surface area contributed by atoms with Gasteiger partial charge in [0.25, 0.3) is 0 Å². The molecule has 3 aromatic rings. The highest BCUT2D eigenvalue weighted by Gasteiger charge is 2.23. The van der Waals surface area contributed by atoms with E-state index in [9.17, 15) is 17.6 Å². The Bertz CT molecular complexity index is 1160. The summed E-state index contributed by atoms with van der Waals surface area (Å²) in [6, 6.07) is 15.6. The van der Waals surface area contributed by atoms with Crippen LogP contribution in [0.4, 0.5) is 17.6 Å². The molecule has 0 spiro atoms. The van der Waals surface area contributed by atoms with Gasteiger partial charge in [-0.25, -0.2) is 4.39 Å². The lowest BCUT2D eigenvalue weighted by Crippen LogP contribution is -2.25. The van der Waals surface area contributed by atoms with Crippen molar-refractivity contribution in [1.29, 1.82) is 0 Å². The summed E-state index contributed by atoms with van der Waals surface area (Å²) in [5.74, 6) is 2.38. The molecular weight excluding hydrogens is 408 g/mol. The van der Waals surface area contributed by atoms with Gasteiger partial charge in [-0.05, 0) is 28.6 Å². The molecular formula is C25H18F4O2. The van der Waals surface area contributed by atoms with Crippen molar-refractivity contribution in [1.82, 2.24) is 0 Å². The number of benzene rings is 3. The monoisotopic (exact) mass is 426 g/mol. The molecule has 0 N–H and O–H groups in total. The first-order valence-electron chi connectivity index (χ1n) is 9.62. The summed E-state index contributed by atoms with van der Waals surface area (Å²) in [6.07, 6.45) is -3.28. The van der Waals surface area contributed by atoms with Gasteiger partial charge in [0.2, 0.25) is 0 Å². The van der Waals surface area contributed by atoms with Gasteiger partial charge in [0.15, 0.2) is 6.29 Å². The molecule has 1 aliphatic heterocycles. The van der Waals surface area contributed by atoms with E-state index < -0.39 is 18.3 Å². The van der Waals surface area contributed by atoms with Crippen molar-refractivity contribution in [3.05, 3.63) is 84.2 Å². The Morgan fingerprint density at radius 3 is 2.26 bits per heavy atom. The summed E-state index contributed by atoms with van der Waals surface area (Å²) >= 11 is 0. The highest BCUT2D eigenvalue weighted by atomic mass is 19.4. The van der Waals surface area contributed by atoms with Crippen LogP contribution in [0.2, 0.25) is 0 Å². The van der Waals surface area contributed by atoms with Crippen molar-refractivity contribution in [2.45, 2.75) is 12.5 Å². The molecule has 31 heavy (non-hydrogen) atoms.